The first-order valence-corrected chi connectivity index (χ1v) is 3.87. The zero-order chi connectivity index (χ0) is 9.14. The van der Waals surface area contributed by atoms with Gasteiger partial charge in [-0.05, 0) is 31.0 Å². The molecule has 0 aliphatic carbocycles. The van der Waals surface area contributed by atoms with Gasteiger partial charge in [0.05, 0.1) is 0 Å². The molecule has 0 nitrogen and oxygen atoms in total. The largest absolute Gasteiger partial charge is 0.207 e. The number of aryl methyl sites for hydroxylation is 1. The van der Waals surface area contributed by atoms with Crippen LogP contribution < -0.4 is 0 Å². The second-order valence-corrected chi connectivity index (χ2v) is 2.90. The Morgan fingerprint density at radius 1 is 1.50 bits per heavy atom. The molecule has 0 spiro atoms. The third-order valence-corrected chi connectivity index (χ3v) is 1.95. The quantitative estimate of drug-likeness (QED) is 0.557. The number of halogens is 1. The molecule has 1 aromatic rings. The van der Waals surface area contributed by atoms with E-state index in [-0.39, 0.29) is 11.7 Å². The Balaban J connectivity index is 3.06. The Kier molecular flexibility index (Phi) is 2.50. The van der Waals surface area contributed by atoms with Crippen molar-refractivity contribution in [3.05, 3.63) is 35.1 Å². The molecule has 1 aromatic carbocycles. The first-order valence-electron chi connectivity index (χ1n) is 3.87. The van der Waals surface area contributed by atoms with Crippen molar-refractivity contribution >= 4 is 0 Å². The number of rotatable bonds is 1. The lowest BCUT2D eigenvalue weighted by atomic mass is 10.0. The van der Waals surface area contributed by atoms with Gasteiger partial charge in [-0.25, -0.2) is 4.39 Å². The topological polar surface area (TPSA) is 0 Å². The van der Waals surface area contributed by atoms with E-state index in [1.54, 1.807) is 13.0 Å². The van der Waals surface area contributed by atoms with E-state index in [0.717, 1.165) is 5.56 Å². The van der Waals surface area contributed by atoms with E-state index in [0.29, 0.717) is 5.56 Å². The summed E-state index contributed by atoms with van der Waals surface area (Å²) in [7, 11) is 0. The Morgan fingerprint density at radius 3 is 2.67 bits per heavy atom. The average Bonchev–Trinajstić information content (AvgIpc) is 2.08. The molecule has 1 unspecified atom stereocenters. The van der Waals surface area contributed by atoms with Gasteiger partial charge in [0.2, 0.25) is 0 Å². The molecule has 1 rings (SSSR count). The highest BCUT2D eigenvalue weighted by Gasteiger charge is 2.03. The summed E-state index contributed by atoms with van der Waals surface area (Å²) in [6, 6.07) is 5.11. The minimum Gasteiger partial charge on any atom is -0.207 e. The van der Waals surface area contributed by atoms with Crippen LogP contribution in [-0.2, 0) is 0 Å². The third-order valence-electron chi connectivity index (χ3n) is 1.95. The molecule has 0 heterocycles. The van der Waals surface area contributed by atoms with E-state index in [2.05, 4.69) is 5.92 Å². The molecule has 0 aromatic heterocycles. The first-order chi connectivity index (χ1) is 5.65. The van der Waals surface area contributed by atoms with Crippen LogP contribution in [0.2, 0.25) is 0 Å². The number of hydrogen-bond acceptors (Lipinski definition) is 0. The molecule has 0 aliphatic rings. The molecule has 0 amide bonds. The second kappa shape index (κ2) is 3.40. The van der Waals surface area contributed by atoms with Gasteiger partial charge in [-0.3, -0.25) is 0 Å². The van der Waals surface area contributed by atoms with E-state index in [1.807, 2.05) is 13.0 Å². The van der Waals surface area contributed by atoms with Crippen LogP contribution >= 0.6 is 0 Å². The van der Waals surface area contributed by atoms with Crippen LogP contribution in [0.4, 0.5) is 4.39 Å². The molecule has 62 valence electrons. The van der Waals surface area contributed by atoms with Crippen molar-refractivity contribution < 1.29 is 4.39 Å². The summed E-state index contributed by atoms with van der Waals surface area (Å²) in [6.07, 6.45) is 5.22. The number of hydrogen-bond donors (Lipinski definition) is 0. The predicted molar refractivity (Wildman–Crippen MR) is 48.4 cm³/mol. The summed E-state index contributed by atoms with van der Waals surface area (Å²) in [6.45, 7) is 3.61. The zero-order valence-electron chi connectivity index (χ0n) is 7.26. The molecular formula is C11H11F. The van der Waals surface area contributed by atoms with Crippen molar-refractivity contribution in [1.29, 1.82) is 0 Å². The molecule has 0 aliphatic heterocycles. The summed E-state index contributed by atoms with van der Waals surface area (Å²) >= 11 is 0. The van der Waals surface area contributed by atoms with Crippen LogP contribution in [0.15, 0.2) is 18.2 Å². The van der Waals surface area contributed by atoms with Gasteiger partial charge in [0.15, 0.2) is 0 Å². The smallest absolute Gasteiger partial charge is 0.126 e. The van der Waals surface area contributed by atoms with Gasteiger partial charge in [0, 0.05) is 5.92 Å². The first kappa shape index (κ1) is 8.80. The van der Waals surface area contributed by atoms with Gasteiger partial charge >= 0.3 is 0 Å². The molecule has 0 saturated carbocycles. The van der Waals surface area contributed by atoms with Crippen LogP contribution in [0, 0.1) is 25.1 Å². The zero-order valence-corrected chi connectivity index (χ0v) is 7.26. The van der Waals surface area contributed by atoms with E-state index < -0.39 is 0 Å². The van der Waals surface area contributed by atoms with Gasteiger partial charge in [-0.15, -0.1) is 6.42 Å². The molecule has 0 N–H and O–H groups in total. The van der Waals surface area contributed by atoms with Crippen molar-refractivity contribution in [2.24, 2.45) is 0 Å². The lowest BCUT2D eigenvalue weighted by Gasteiger charge is -2.05. The van der Waals surface area contributed by atoms with Crippen molar-refractivity contribution in [2.75, 3.05) is 0 Å². The normalized spacial score (nSPS) is 12.2. The number of benzene rings is 1. The minimum absolute atomic E-state index is 0.0138. The summed E-state index contributed by atoms with van der Waals surface area (Å²) in [5, 5.41) is 0. The van der Waals surface area contributed by atoms with E-state index in [9.17, 15) is 4.39 Å². The van der Waals surface area contributed by atoms with Gasteiger partial charge in [-0.2, -0.15) is 0 Å². The van der Waals surface area contributed by atoms with Crippen LogP contribution in [-0.4, -0.2) is 0 Å². The molecule has 0 saturated heterocycles. The lowest BCUT2D eigenvalue weighted by Crippen LogP contribution is -1.91. The van der Waals surface area contributed by atoms with Crippen LogP contribution in [0.3, 0.4) is 0 Å². The molecule has 1 atom stereocenters. The summed E-state index contributed by atoms with van der Waals surface area (Å²) < 4.78 is 13.0. The van der Waals surface area contributed by atoms with Gasteiger partial charge < -0.3 is 0 Å². The molecular weight excluding hydrogens is 151 g/mol. The molecule has 0 fully saturated rings. The minimum atomic E-state index is -0.186. The standard InChI is InChI=1S/C11H11F/c1-4-8(2)10-6-5-9(3)11(12)7-10/h1,5-8H,2-3H3. The summed E-state index contributed by atoms with van der Waals surface area (Å²) in [5.41, 5.74) is 1.52. The monoisotopic (exact) mass is 162 g/mol. The summed E-state index contributed by atoms with van der Waals surface area (Å²) in [4.78, 5) is 0. The third kappa shape index (κ3) is 1.65. The van der Waals surface area contributed by atoms with Crippen molar-refractivity contribution in [2.45, 2.75) is 19.8 Å². The Hall–Kier alpha value is -1.29. The molecule has 12 heavy (non-hydrogen) atoms. The molecule has 0 bridgehead atoms. The Labute approximate surface area is 72.4 Å². The predicted octanol–water partition coefficient (Wildman–Crippen LogP) is 2.87. The number of terminal acetylenes is 1. The van der Waals surface area contributed by atoms with Crippen molar-refractivity contribution in [3.63, 3.8) is 0 Å². The van der Waals surface area contributed by atoms with Crippen LogP contribution in [0.1, 0.15) is 24.0 Å². The van der Waals surface area contributed by atoms with Gasteiger partial charge in [0.1, 0.15) is 5.82 Å². The molecule has 0 radical (unpaired) electrons. The maximum atomic E-state index is 13.0. The van der Waals surface area contributed by atoms with Gasteiger partial charge in [0.25, 0.3) is 0 Å². The Morgan fingerprint density at radius 2 is 2.17 bits per heavy atom. The maximum Gasteiger partial charge on any atom is 0.126 e. The van der Waals surface area contributed by atoms with E-state index >= 15 is 0 Å². The fourth-order valence-corrected chi connectivity index (χ4v) is 0.975. The van der Waals surface area contributed by atoms with Crippen LogP contribution in [0.5, 0.6) is 0 Å². The van der Waals surface area contributed by atoms with E-state index in [4.69, 9.17) is 6.42 Å². The molecule has 1 heteroatoms. The highest BCUT2D eigenvalue weighted by atomic mass is 19.1. The highest BCUT2D eigenvalue weighted by molar-refractivity contribution is 5.29. The van der Waals surface area contributed by atoms with Gasteiger partial charge in [-0.1, -0.05) is 18.1 Å². The lowest BCUT2D eigenvalue weighted by molar-refractivity contribution is 0.615. The average molecular weight is 162 g/mol. The van der Waals surface area contributed by atoms with Crippen LogP contribution in [0.25, 0.3) is 0 Å². The fraction of sp³-hybridized carbons (Fsp3) is 0.273. The fourth-order valence-electron chi connectivity index (χ4n) is 0.975. The SMILES string of the molecule is C#CC(C)c1ccc(C)c(F)c1. The summed E-state index contributed by atoms with van der Waals surface area (Å²) in [5.74, 6) is 2.36. The second-order valence-electron chi connectivity index (χ2n) is 2.90. The highest BCUT2D eigenvalue weighted by Crippen LogP contribution is 2.16. The van der Waals surface area contributed by atoms with Crippen molar-refractivity contribution in [3.8, 4) is 12.3 Å². The van der Waals surface area contributed by atoms with E-state index in [1.165, 1.54) is 6.07 Å². The van der Waals surface area contributed by atoms with Crippen molar-refractivity contribution in [1.82, 2.24) is 0 Å². The maximum absolute atomic E-state index is 13.0. The Bertz CT molecular complexity index is 320.